The Labute approximate surface area is 226 Å². The predicted octanol–water partition coefficient (Wildman–Crippen LogP) is 6.20. The Morgan fingerprint density at radius 1 is 0.543 bits per heavy atom. The van der Waals surface area contributed by atoms with Crippen molar-refractivity contribution >= 4 is 54.3 Å². The second-order valence-electron chi connectivity index (χ2n) is 10.3. The maximum absolute atomic E-state index is 2.53. The summed E-state index contributed by atoms with van der Waals surface area (Å²) in [6, 6.07) is 36.9. The molecule has 0 amide bonds. The first-order valence-electron chi connectivity index (χ1n) is 12.9. The van der Waals surface area contributed by atoms with Crippen molar-refractivity contribution in [3.05, 3.63) is 114 Å². The fraction of sp³-hybridized carbons (Fsp3) is 0.273. The number of rotatable bonds is 8. The molecule has 4 rings (SSSR count). The van der Waals surface area contributed by atoms with E-state index in [4.69, 9.17) is 0 Å². The predicted molar refractivity (Wildman–Crippen MR) is 160 cm³/mol. The molecule has 0 aliphatic rings. The van der Waals surface area contributed by atoms with Gasteiger partial charge in [0.2, 0.25) is 0 Å². The van der Waals surface area contributed by atoms with Crippen LogP contribution >= 0.6 is 7.92 Å². The van der Waals surface area contributed by atoms with Gasteiger partial charge in [-0.05, 0) is 0 Å². The molecule has 178 valence electrons. The average molecular weight is 673 g/mol. The van der Waals surface area contributed by atoms with Gasteiger partial charge in [-0.1, -0.05) is 0 Å². The Balaban J connectivity index is 1.89. The van der Waals surface area contributed by atoms with Gasteiger partial charge in [0.1, 0.15) is 0 Å². The van der Waals surface area contributed by atoms with Crippen molar-refractivity contribution in [3.8, 4) is 0 Å². The summed E-state index contributed by atoms with van der Waals surface area (Å²) in [6.45, 7) is 14.2. The van der Waals surface area contributed by atoms with E-state index in [1.165, 1.54) is 16.2 Å². The summed E-state index contributed by atoms with van der Waals surface area (Å²) in [4.78, 5) is 0. The van der Waals surface area contributed by atoms with E-state index in [-0.39, 0.29) is 0 Å². The van der Waals surface area contributed by atoms with E-state index in [0.29, 0.717) is 17.8 Å². The average Bonchev–Trinajstić information content (AvgIpc) is 2.86. The number of hydrogen-bond acceptors (Lipinski definition) is 0. The molecule has 0 N–H and O–H groups in total. The van der Waals surface area contributed by atoms with E-state index in [1.807, 2.05) is 0 Å². The van der Waals surface area contributed by atoms with Crippen molar-refractivity contribution in [2.75, 3.05) is 0 Å². The van der Waals surface area contributed by atoms with Crippen LogP contribution in [0.2, 0.25) is 0 Å². The number of hydrogen-bond donors (Lipinski definition) is 0. The standard InChI is InChI=1S/C18H14P.C15H23.Pb/c1-4-10-16(11-5-1)19(17-12-6-2-7-13-17)18-14-8-3-9-15-18;1-10(2)13-7-14(11(3)4)9-15(8-13)12(5)6;/h1-14H;7-8,10-12H,1-6H3;/p+1. The van der Waals surface area contributed by atoms with Gasteiger partial charge in [-0.2, -0.15) is 0 Å². The zero-order chi connectivity index (χ0) is 24.9. The Kier molecular flexibility index (Phi) is 9.00. The second-order valence-corrected chi connectivity index (χ2v) is 17.8. The van der Waals surface area contributed by atoms with E-state index >= 15 is 0 Å². The van der Waals surface area contributed by atoms with Crippen LogP contribution in [0.1, 0.15) is 76.0 Å². The van der Waals surface area contributed by atoms with Crippen LogP contribution in [0.3, 0.4) is 0 Å². The molecule has 2 heteroatoms. The van der Waals surface area contributed by atoms with Crippen LogP contribution in [0.25, 0.3) is 0 Å². The van der Waals surface area contributed by atoms with Crippen molar-refractivity contribution in [1.29, 1.82) is 0 Å². The molecule has 4 aromatic carbocycles. The van der Waals surface area contributed by atoms with Gasteiger partial charge in [-0.15, -0.1) is 0 Å². The first-order valence-corrected chi connectivity index (χ1v) is 18.3. The Morgan fingerprint density at radius 3 is 1.46 bits per heavy atom. The van der Waals surface area contributed by atoms with Crippen LogP contribution in [-0.4, -0.2) is 24.2 Å². The third-order valence-electron chi connectivity index (χ3n) is 6.71. The molecule has 0 spiro atoms. The minimum absolute atomic E-state index is 0.550. The maximum atomic E-state index is 2.53. The topological polar surface area (TPSA) is 0 Å². The van der Waals surface area contributed by atoms with Crippen molar-refractivity contribution in [2.45, 2.75) is 59.3 Å². The third kappa shape index (κ3) is 6.15. The molecule has 0 aliphatic carbocycles. The molecule has 2 radical (unpaired) electrons. The zero-order valence-electron chi connectivity index (χ0n) is 22.0. The van der Waals surface area contributed by atoms with Crippen LogP contribution in [0, 0.1) is 0 Å². The summed E-state index contributed by atoms with van der Waals surface area (Å²) in [5, 5.41) is 4.54. The van der Waals surface area contributed by atoms with Crippen LogP contribution in [0.15, 0.2) is 97.1 Å². The third-order valence-corrected chi connectivity index (χ3v) is 16.4. The molecule has 0 aliphatic heterocycles. The second kappa shape index (κ2) is 12.0. The molecule has 0 atom stereocenters. The van der Waals surface area contributed by atoms with E-state index in [1.54, 1.807) is 22.7 Å². The van der Waals surface area contributed by atoms with E-state index in [0.717, 1.165) is 0 Å². The minimum atomic E-state index is -1.34. The zero-order valence-corrected chi connectivity index (χ0v) is 26.9. The normalized spacial score (nSPS) is 11.7. The Hall–Kier alpha value is -1.77. The molecule has 0 aromatic heterocycles. The van der Waals surface area contributed by atoms with Crippen molar-refractivity contribution < 1.29 is 0 Å². The SMILES string of the molecule is CC(C)c1cc(C(C)C)[c]([Pb][c]2ccccc2[PH+](c2ccccc2)c2ccccc2)c(C(C)C)c1. The molecular weight excluding hydrogens is 635 g/mol. The first kappa shape index (κ1) is 26.3. The molecule has 0 heterocycles. The molecule has 0 saturated heterocycles. The molecule has 35 heavy (non-hydrogen) atoms. The van der Waals surface area contributed by atoms with Crippen LogP contribution in [-0.2, 0) is 0 Å². The first-order chi connectivity index (χ1) is 16.9. The van der Waals surface area contributed by atoms with E-state index in [9.17, 15) is 0 Å². The summed E-state index contributed by atoms with van der Waals surface area (Å²) in [5.74, 6) is 1.66. The quantitative estimate of drug-likeness (QED) is 0.155. The molecule has 0 fully saturated rings. The van der Waals surface area contributed by atoms with E-state index < -0.39 is 32.2 Å². The van der Waals surface area contributed by atoms with Crippen LogP contribution < -0.4 is 22.2 Å². The molecule has 0 bridgehead atoms. The van der Waals surface area contributed by atoms with Gasteiger partial charge in [-0.25, -0.2) is 0 Å². The molecule has 0 nitrogen and oxygen atoms in total. The Bertz CT molecular complexity index is 1170. The van der Waals surface area contributed by atoms with Gasteiger partial charge in [0.15, 0.2) is 0 Å². The van der Waals surface area contributed by atoms with Gasteiger partial charge >= 0.3 is 227 Å². The summed E-state index contributed by atoms with van der Waals surface area (Å²) in [5.41, 5.74) is 4.70. The fourth-order valence-electron chi connectivity index (χ4n) is 4.73. The van der Waals surface area contributed by atoms with Crippen LogP contribution in [0.4, 0.5) is 0 Å². The van der Waals surface area contributed by atoms with Gasteiger partial charge in [0, 0.05) is 0 Å². The monoisotopic (exact) mass is 673 g/mol. The summed E-state index contributed by atoms with van der Waals surface area (Å²) >= 11 is -1.34. The van der Waals surface area contributed by atoms with Gasteiger partial charge in [0.25, 0.3) is 0 Å². The Morgan fingerprint density at radius 2 is 1.00 bits per heavy atom. The van der Waals surface area contributed by atoms with Gasteiger partial charge < -0.3 is 0 Å². The summed E-state index contributed by atoms with van der Waals surface area (Å²) in [7, 11) is -1.06. The number of benzene rings is 4. The fourth-order valence-corrected chi connectivity index (χ4v) is 15.9. The molecule has 4 aromatic rings. The summed E-state index contributed by atoms with van der Waals surface area (Å²) < 4.78 is 3.39. The molecule has 0 saturated carbocycles. The van der Waals surface area contributed by atoms with Crippen molar-refractivity contribution in [1.82, 2.24) is 0 Å². The molecule has 0 unspecified atom stereocenters. The van der Waals surface area contributed by atoms with E-state index in [2.05, 4.69) is 139 Å². The van der Waals surface area contributed by atoms with Crippen molar-refractivity contribution in [3.63, 3.8) is 0 Å². The van der Waals surface area contributed by atoms with Gasteiger partial charge in [0.05, 0.1) is 0 Å². The van der Waals surface area contributed by atoms with Gasteiger partial charge in [-0.3, -0.25) is 0 Å². The van der Waals surface area contributed by atoms with Crippen molar-refractivity contribution in [2.24, 2.45) is 0 Å². The molecular formula is C33H38PPb+. The van der Waals surface area contributed by atoms with Crippen LogP contribution in [0.5, 0.6) is 0 Å². The summed E-state index contributed by atoms with van der Waals surface area (Å²) in [6.07, 6.45) is 0.